The molecule has 0 aliphatic heterocycles. The first-order valence-corrected chi connectivity index (χ1v) is 7.28. The first kappa shape index (κ1) is 17.0. The van der Waals surface area contributed by atoms with Crippen LogP contribution in [-0.2, 0) is 9.59 Å². The van der Waals surface area contributed by atoms with E-state index in [1.54, 1.807) is 17.0 Å². The molecule has 1 atom stereocenters. The zero-order valence-corrected chi connectivity index (χ0v) is 13.2. The first-order chi connectivity index (χ1) is 9.85. The van der Waals surface area contributed by atoms with Crippen LogP contribution in [0, 0.1) is 0 Å². The number of hydrogen-bond donors (Lipinski definition) is 2. The van der Waals surface area contributed by atoms with Gasteiger partial charge in [-0.2, -0.15) is 0 Å². The van der Waals surface area contributed by atoms with Crippen LogP contribution < -0.4 is 11.1 Å². The SMILES string of the molecule is CCN(CC(=O)NC(C)C)C(=O)C(C)c1cccc(N)c1. The van der Waals surface area contributed by atoms with Gasteiger partial charge in [0, 0.05) is 18.3 Å². The van der Waals surface area contributed by atoms with Gasteiger partial charge in [0.2, 0.25) is 11.8 Å². The highest BCUT2D eigenvalue weighted by atomic mass is 16.2. The van der Waals surface area contributed by atoms with Crippen molar-refractivity contribution < 1.29 is 9.59 Å². The Hall–Kier alpha value is -2.04. The van der Waals surface area contributed by atoms with Gasteiger partial charge in [-0.1, -0.05) is 12.1 Å². The van der Waals surface area contributed by atoms with Crippen molar-refractivity contribution in [3.63, 3.8) is 0 Å². The van der Waals surface area contributed by atoms with Crippen molar-refractivity contribution in [3.8, 4) is 0 Å². The molecule has 0 saturated heterocycles. The Morgan fingerprint density at radius 1 is 1.29 bits per heavy atom. The summed E-state index contributed by atoms with van der Waals surface area (Å²) < 4.78 is 0. The Bertz CT molecular complexity index is 500. The predicted molar refractivity (Wildman–Crippen MR) is 84.8 cm³/mol. The summed E-state index contributed by atoms with van der Waals surface area (Å²) >= 11 is 0. The molecule has 0 heterocycles. The molecule has 1 rings (SSSR count). The van der Waals surface area contributed by atoms with E-state index in [9.17, 15) is 9.59 Å². The Kier molecular flexibility index (Phi) is 6.21. The lowest BCUT2D eigenvalue weighted by atomic mass is 9.99. The zero-order chi connectivity index (χ0) is 16.0. The third-order valence-corrected chi connectivity index (χ3v) is 3.26. The summed E-state index contributed by atoms with van der Waals surface area (Å²) in [6.07, 6.45) is 0. The van der Waals surface area contributed by atoms with Crippen molar-refractivity contribution in [2.45, 2.75) is 39.7 Å². The number of nitrogens with zero attached hydrogens (tertiary/aromatic N) is 1. The largest absolute Gasteiger partial charge is 0.399 e. The molecule has 0 aromatic heterocycles. The molecule has 5 heteroatoms. The molecule has 0 fully saturated rings. The fraction of sp³-hybridized carbons (Fsp3) is 0.500. The van der Waals surface area contributed by atoms with Gasteiger partial charge in [-0.05, 0) is 45.4 Å². The van der Waals surface area contributed by atoms with Crippen LogP contribution in [0.25, 0.3) is 0 Å². The average Bonchev–Trinajstić information content (AvgIpc) is 2.42. The van der Waals surface area contributed by atoms with Crippen LogP contribution in [0.3, 0.4) is 0 Å². The van der Waals surface area contributed by atoms with Crippen molar-refractivity contribution in [2.24, 2.45) is 0 Å². The molecule has 21 heavy (non-hydrogen) atoms. The van der Waals surface area contributed by atoms with E-state index in [1.807, 2.05) is 39.8 Å². The minimum Gasteiger partial charge on any atom is -0.399 e. The van der Waals surface area contributed by atoms with Gasteiger partial charge < -0.3 is 16.0 Å². The number of carbonyl (C=O) groups is 2. The maximum Gasteiger partial charge on any atom is 0.239 e. The molecule has 0 aliphatic carbocycles. The number of anilines is 1. The fourth-order valence-electron chi connectivity index (χ4n) is 2.13. The van der Waals surface area contributed by atoms with Gasteiger partial charge in [0.25, 0.3) is 0 Å². The summed E-state index contributed by atoms with van der Waals surface area (Å²) in [7, 11) is 0. The van der Waals surface area contributed by atoms with Gasteiger partial charge in [0.1, 0.15) is 0 Å². The topological polar surface area (TPSA) is 75.4 Å². The number of benzene rings is 1. The molecular formula is C16H25N3O2. The number of carbonyl (C=O) groups excluding carboxylic acids is 2. The lowest BCUT2D eigenvalue weighted by Gasteiger charge is -2.24. The summed E-state index contributed by atoms with van der Waals surface area (Å²) in [4.78, 5) is 25.9. The van der Waals surface area contributed by atoms with Gasteiger partial charge in [0.05, 0.1) is 12.5 Å². The highest BCUT2D eigenvalue weighted by Crippen LogP contribution is 2.20. The first-order valence-electron chi connectivity index (χ1n) is 7.28. The number of rotatable bonds is 6. The minimum atomic E-state index is -0.319. The van der Waals surface area contributed by atoms with E-state index in [1.165, 1.54) is 0 Å². The number of hydrogen-bond acceptors (Lipinski definition) is 3. The molecule has 1 aromatic rings. The number of nitrogens with two attached hydrogens (primary N) is 1. The smallest absolute Gasteiger partial charge is 0.239 e. The second-order valence-electron chi connectivity index (χ2n) is 5.47. The molecule has 0 aliphatic rings. The fourth-order valence-corrected chi connectivity index (χ4v) is 2.13. The van der Waals surface area contributed by atoms with Crippen LogP contribution in [0.5, 0.6) is 0 Å². The van der Waals surface area contributed by atoms with E-state index in [0.29, 0.717) is 12.2 Å². The second-order valence-corrected chi connectivity index (χ2v) is 5.47. The normalized spacial score (nSPS) is 12.0. The van der Waals surface area contributed by atoms with Crippen LogP contribution in [0.1, 0.15) is 39.2 Å². The molecule has 0 radical (unpaired) electrons. The number of nitrogens with one attached hydrogen (secondary N) is 1. The van der Waals surface area contributed by atoms with Crippen molar-refractivity contribution in [3.05, 3.63) is 29.8 Å². The summed E-state index contributed by atoms with van der Waals surface area (Å²) in [6.45, 7) is 8.07. The van der Waals surface area contributed by atoms with Gasteiger partial charge in [-0.3, -0.25) is 9.59 Å². The third-order valence-electron chi connectivity index (χ3n) is 3.26. The summed E-state index contributed by atoms with van der Waals surface area (Å²) in [6, 6.07) is 7.36. The molecule has 1 unspecified atom stereocenters. The van der Waals surface area contributed by atoms with Gasteiger partial charge in [-0.15, -0.1) is 0 Å². The predicted octanol–water partition coefficient (Wildman–Crippen LogP) is 1.75. The molecule has 2 amide bonds. The number of amides is 2. The van der Waals surface area contributed by atoms with Crippen molar-refractivity contribution >= 4 is 17.5 Å². The average molecular weight is 291 g/mol. The summed E-state index contributed by atoms with van der Waals surface area (Å²) in [5.41, 5.74) is 7.25. The maximum atomic E-state index is 12.5. The molecule has 0 saturated carbocycles. The van der Waals surface area contributed by atoms with E-state index in [-0.39, 0.29) is 30.3 Å². The molecule has 5 nitrogen and oxygen atoms in total. The summed E-state index contributed by atoms with van der Waals surface area (Å²) in [5, 5.41) is 2.80. The molecule has 0 spiro atoms. The van der Waals surface area contributed by atoms with Gasteiger partial charge in [0.15, 0.2) is 0 Å². The quantitative estimate of drug-likeness (QED) is 0.784. The van der Waals surface area contributed by atoms with Crippen LogP contribution in [0.2, 0.25) is 0 Å². The van der Waals surface area contributed by atoms with E-state index in [4.69, 9.17) is 5.73 Å². The van der Waals surface area contributed by atoms with Crippen LogP contribution >= 0.6 is 0 Å². The molecule has 0 bridgehead atoms. The standard InChI is InChI=1S/C16H25N3O2/c1-5-19(10-15(20)18-11(2)3)16(21)12(4)13-7-6-8-14(17)9-13/h6-9,11-12H,5,10,17H2,1-4H3,(H,18,20). The second kappa shape index (κ2) is 7.67. The molecule has 1 aromatic carbocycles. The van der Waals surface area contributed by atoms with Crippen molar-refractivity contribution in [1.29, 1.82) is 0 Å². The Balaban J connectivity index is 2.76. The Labute approximate surface area is 126 Å². The van der Waals surface area contributed by atoms with E-state index < -0.39 is 0 Å². The van der Waals surface area contributed by atoms with Crippen LogP contribution in [0.15, 0.2) is 24.3 Å². The third kappa shape index (κ3) is 5.10. The number of nitrogen functional groups attached to an aromatic ring is 1. The van der Waals surface area contributed by atoms with Crippen molar-refractivity contribution in [1.82, 2.24) is 10.2 Å². The van der Waals surface area contributed by atoms with E-state index in [2.05, 4.69) is 5.32 Å². The van der Waals surface area contributed by atoms with Crippen LogP contribution in [-0.4, -0.2) is 35.8 Å². The highest BCUT2D eigenvalue weighted by molar-refractivity contribution is 5.88. The number of likely N-dealkylation sites (N-methyl/N-ethyl adjacent to an activating group) is 1. The van der Waals surface area contributed by atoms with E-state index >= 15 is 0 Å². The zero-order valence-electron chi connectivity index (χ0n) is 13.2. The highest BCUT2D eigenvalue weighted by Gasteiger charge is 2.23. The van der Waals surface area contributed by atoms with Crippen molar-refractivity contribution in [2.75, 3.05) is 18.8 Å². The maximum absolute atomic E-state index is 12.5. The molecule has 116 valence electrons. The Morgan fingerprint density at radius 2 is 1.95 bits per heavy atom. The van der Waals surface area contributed by atoms with E-state index in [0.717, 1.165) is 5.56 Å². The lowest BCUT2D eigenvalue weighted by Crippen LogP contribution is -2.43. The van der Waals surface area contributed by atoms with Gasteiger partial charge >= 0.3 is 0 Å². The monoisotopic (exact) mass is 291 g/mol. The molecule has 3 N–H and O–H groups in total. The minimum absolute atomic E-state index is 0.0673. The summed E-state index contributed by atoms with van der Waals surface area (Å²) in [5.74, 6) is -0.526. The van der Waals surface area contributed by atoms with Gasteiger partial charge in [-0.25, -0.2) is 0 Å². The lowest BCUT2D eigenvalue weighted by molar-refractivity contribution is -0.137. The Morgan fingerprint density at radius 3 is 2.48 bits per heavy atom. The van der Waals surface area contributed by atoms with Crippen LogP contribution in [0.4, 0.5) is 5.69 Å². The molecular weight excluding hydrogens is 266 g/mol.